The monoisotopic (exact) mass is 351 g/mol. The van der Waals surface area contributed by atoms with Gasteiger partial charge in [-0.25, -0.2) is 15.0 Å². The number of fused-ring (bicyclic) bond motifs is 1. The molecule has 1 aliphatic rings. The summed E-state index contributed by atoms with van der Waals surface area (Å²) < 4.78 is 7.51. The first-order valence-corrected chi connectivity index (χ1v) is 8.78. The smallest absolute Gasteiger partial charge is 0.316 e. The Morgan fingerprint density at radius 1 is 1.12 bits per heavy atom. The van der Waals surface area contributed by atoms with Gasteiger partial charge in [0.1, 0.15) is 6.10 Å². The summed E-state index contributed by atoms with van der Waals surface area (Å²) in [6.07, 6.45) is 5.25. The van der Waals surface area contributed by atoms with Crippen molar-refractivity contribution in [1.82, 2.24) is 19.5 Å². The number of para-hydroxylation sites is 1. The summed E-state index contributed by atoms with van der Waals surface area (Å²) in [6.45, 7) is 3.49. The second-order valence-electron chi connectivity index (χ2n) is 6.64. The van der Waals surface area contributed by atoms with Crippen molar-refractivity contribution in [3.63, 3.8) is 0 Å². The fourth-order valence-electron chi connectivity index (χ4n) is 3.25. The largest absolute Gasteiger partial charge is 0.460 e. The average molecular weight is 351 g/mol. The molecule has 0 radical (unpaired) electrons. The molecule has 0 N–H and O–H groups in total. The van der Waals surface area contributed by atoms with Crippen LogP contribution in [0, 0.1) is 6.92 Å². The highest BCUT2D eigenvalue weighted by molar-refractivity contribution is 5.78. The second-order valence-corrected chi connectivity index (χ2v) is 6.64. The first kappa shape index (κ1) is 16.5. The molecule has 0 spiro atoms. The molecular formula is C19H21N5O2. The number of aromatic nitrogens is 4. The lowest BCUT2D eigenvalue weighted by atomic mass is 10.1. The molecule has 3 heterocycles. The quantitative estimate of drug-likeness (QED) is 0.719. The Hall–Kier alpha value is -2.96. The molecule has 1 aliphatic heterocycles. The van der Waals surface area contributed by atoms with Gasteiger partial charge in [-0.05, 0) is 24.6 Å². The molecular weight excluding hydrogens is 330 g/mol. The van der Waals surface area contributed by atoms with Crippen LogP contribution < -0.4 is 15.2 Å². The molecule has 1 aromatic carbocycles. The fraction of sp³-hybridized carbons (Fsp3) is 0.368. The number of hydrogen-bond acceptors (Lipinski definition) is 6. The van der Waals surface area contributed by atoms with E-state index in [1.165, 1.54) is 0 Å². The van der Waals surface area contributed by atoms with Gasteiger partial charge in [0, 0.05) is 45.4 Å². The zero-order chi connectivity index (χ0) is 18.1. The van der Waals surface area contributed by atoms with Crippen LogP contribution in [0.3, 0.4) is 0 Å². The Balaban J connectivity index is 1.49. The van der Waals surface area contributed by atoms with E-state index in [4.69, 9.17) is 9.72 Å². The molecule has 2 aromatic heterocycles. The van der Waals surface area contributed by atoms with Gasteiger partial charge in [-0.3, -0.25) is 9.36 Å². The predicted octanol–water partition coefficient (Wildman–Crippen LogP) is 2.08. The van der Waals surface area contributed by atoms with Crippen LogP contribution in [0.5, 0.6) is 6.01 Å². The van der Waals surface area contributed by atoms with E-state index in [0.29, 0.717) is 17.3 Å². The molecule has 7 heteroatoms. The van der Waals surface area contributed by atoms with Gasteiger partial charge >= 0.3 is 6.01 Å². The van der Waals surface area contributed by atoms with Gasteiger partial charge in [-0.2, -0.15) is 0 Å². The first-order valence-electron chi connectivity index (χ1n) is 8.78. The van der Waals surface area contributed by atoms with Gasteiger partial charge in [-0.1, -0.05) is 12.1 Å². The molecule has 0 saturated carbocycles. The zero-order valence-corrected chi connectivity index (χ0v) is 14.9. The van der Waals surface area contributed by atoms with Crippen molar-refractivity contribution in [3.05, 3.63) is 52.6 Å². The molecule has 0 atom stereocenters. The van der Waals surface area contributed by atoms with Crippen molar-refractivity contribution >= 4 is 16.9 Å². The summed E-state index contributed by atoms with van der Waals surface area (Å²) in [5.41, 5.74) is 1.73. The normalized spacial score (nSPS) is 15.4. The number of aryl methyl sites for hydroxylation is 1. The molecule has 0 amide bonds. The Morgan fingerprint density at radius 2 is 1.81 bits per heavy atom. The standard InChI is InChI=1S/C19H21N5O2/c1-13-11-20-18(21-12-13)26-14-7-9-24(10-8-14)19-22-16-6-4-3-5-15(16)17(25)23(19)2/h3-6,11-12,14H,7-10H2,1-2H3. The van der Waals surface area contributed by atoms with Crippen LogP contribution in [-0.2, 0) is 7.05 Å². The van der Waals surface area contributed by atoms with Gasteiger partial charge in [0.15, 0.2) is 0 Å². The van der Waals surface area contributed by atoms with Gasteiger partial charge in [0.25, 0.3) is 5.56 Å². The molecule has 0 unspecified atom stereocenters. The maximum Gasteiger partial charge on any atom is 0.316 e. The molecule has 26 heavy (non-hydrogen) atoms. The third-order valence-electron chi connectivity index (χ3n) is 4.71. The van der Waals surface area contributed by atoms with Crippen LogP contribution >= 0.6 is 0 Å². The average Bonchev–Trinajstić information content (AvgIpc) is 2.67. The van der Waals surface area contributed by atoms with E-state index in [2.05, 4.69) is 14.9 Å². The number of nitrogens with zero attached hydrogens (tertiary/aromatic N) is 5. The Morgan fingerprint density at radius 3 is 2.54 bits per heavy atom. The minimum Gasteiger partial charge on any atom is -0.460 e. The summed E-state index contributed by atoms with van der Waals surface area (Å²) in [5.74, 6) is 0.707. The van der Waals surface area contributed by atoms with E-state index in [1.54, 1.807) is 24.0 Å². The molecule has 134 valence electrons. The fourth-order valence-corrected chi connectivity index (χ4v) is 3.25. The van der Waals surface area contributed by atoms with E-state index >= 15 is 0 Å². The van der Waals surface area contributed by atoms with Crippen LogP contribution in [0.15, 0.2) is 41.5 Å². The predicted molar refractivity (Wildman–Crippen MR) is 99.6 cm³/mol. The number of benzene rings is 1. The van der Waals surface area contributed by atoms with Crippen molar-refractivity contribution in [2.45, 2.75) is 25.9 Å². The molecule has 0 aliphatic carbocycles. The van der Waals surface area contributed by atoms with Gasteiger partial charge in [0.2, 0.25) is 5.95 Å². The number of hydrogen-bond donors (Lipinski definition) is 0. The minimum atomic E-state index is -0.0166. The van der Waals surface area contributed by atoms with Crippen molar-refractivity contribution in [3.8, 4) is 6.01 Å². The maximum atomic E-state index is 12.6. The van der Waals surface area contributed by atoms with Gasteiger partial charge in [-0.15, -0.1) is 0 Å². The number of rotatable bonds is 3. The molecule has 1 saturated heterocycles. The van der Waals surface area contributed by atoms with E-state index in [-0.39, 0.29) is 11.7 Å². The highest BCUT2D eigenvalue weighted by atomic mass is 16.5. The number of ether oxygens (including phenoxy) is 1. The number of anilines is 1. The van der Waals surface area contributed by atoms with Crippen LogP contribution in [0.2, 0.25) is 0 Å². The topological polar surface area (TPSA) is 73.1 Å². The Bertz CT molecular complexity index is 975. The maximum absolute atomic E-state index is 12.6. The lowest BCUT2D eigenvalue weighted by Gasteiger charge is -2.33. The highest BCUT2D eigenvalue weighted by Crippen LogP contribution is 2.21. The second kappa shape index (κ2) is 6.74. The Kier molecular flexibility index (Phi) is 4.28. The highest BCUT2D eigenvalue weighted by Gasteiger charge is 2.24. The van der Waals surface area contributed by atoms with Crippen molar-refractivity contribution in [1.29, 1.82) is 0 Å². The van der Waals surface area contributed by atoms with Crippen LogP contribution in [0.25, 0.3) is 10.9 Å². The summed E-state index contributed by atoms with van der Waals surface area (Å²) in [4.78, 5) is 27.8. The first-order chi connectivity index (χ1) is 12.6. The molecule has 1 fully saturated rings. The molecule has 7 nitrogen and oxygen atoms in total. The third kappa shape index (κ3) is 3.12. The SMILES string of the molecule is Cc1cnc(OC2CCN(c3nc4ccccc4c(=O)n3C)CC2)nc1. The molecule has 0 bridgehead atoms. The zero-order valence-electron chi connectivity index (χ0n) is 14.9. The summed E-state index contributed by atoms with van der Waals surface area (Å²) >= 11 is 0. The number of piperidine rings is 1. The van der Waals surface area contributed by atoms with E-state index in [1.807, 2.05) is 31.2 Å². The minimum absolute atomic E-state index is 0.0166. The summed E-state index contributed by atoms with van der Waals surface area (Å²) in [7, 11) is 1.78. The Labute approximate surface area is 151 Å². The molecule has 4 rings (SSSR count). The van der Waals surface area contributed by atoms with Crippen molar-refractivity contribution in [2.24, 2.45) is 7.05 Å². The van der Waals surface area contributed by atoms with Crippen LogP contribution in [0.4, 0.5) is 5.95 Å². The van der Waals surface area contributed by atoms with Crippen molar-refractivity contribution in [2.75, 3.05) is 18.0 Å². The summed E-state index contributed by atoms with van der Waals surface area (Å²) in [5, 5.41) is 0.647. The molecule has 3 aromatic rings. The van der Waals surface area contributed by atoms with Crippen molar-refractivity contribution < 1.29 is 4.74 Å². The third-order valence-corrected chi connectivity index (χ3v) is 4.71. The van der Waals surface area contributed by atoms with E-state index < -0.39 is 0 Å². The van der Waals surface area contributed by atoms with E-state index in [9.17, 15) is 4.79 Å². The van der Waals surface area contributed by atoms with Gasteiger partial charge < -0.3 is 9.64 Å². The van der Waals surface area contributed by atoms with E-state index in [0.717, 1.165) is 37.0 Å². The lowest BCUT2D eigenvalue weighted by Crippen LogP contribution is -2.41. The summed E-state index contributed by atoms with van der Waals surface area (Å²) in [6, 6.07) is 7.88. The lowest BCUT2D eigenvalue weighted by molar-refractivity contribution is 0.155. The van der Waals surface area contributed by atoms with Crippen LogP contribution in [-0.4, -0.2) is 38.7 Å². The van der Waals surface area contributed by atoms with Gasteiger partial charge in [0.05, 0.1) is 10.9 Å². The van der Waals surface area contributed by atoms with Crippen LogP contribution in [0.1, 0.15) is 18.4 Å².